The third kappa shape index (κ3) is 8.61. The predicted molar refractivity (Wildman–Crippen MR) is 234 cm³/mol. The number of nitrogens with zero attached hydrogens (tertiary/aromatic N) is 7. The van der Waals surface area contributed by atoms with Crippen molar-refractivity contribution in [3.63, 3.8) is 0 Å². The highest BCUT2D eigenvalue weighted by Crippen LogP contribution is 2.32. The van der Waals surface area contributed by atoms with Gasteiger partial charge in [-0.2, -0.15) is 0 Å². The molecule has 1 aliphatic carbocycles. The van der Waals surface area contributed by atoms with E-state index in [9.17, 15) is 28.0 Å². The normalized spacial score (nSPS) is 20.1. The Hall–Kier alpha value is -6.26. The number of ether oxygens (including phenoxy) is 1. The first-order valence-corrected chi connectivity index (χ1v) is 21.5. The zero-order valence-electron chi connectivity index (χ0n) is 33.6. The number of hydrogen-bond acceptors (Lipinski definition) is 9. The number of aliphatic imine (C=N–C) groups is 1. The van der Waals surface area contributed by atoms with Crippen molar-refractivity contribution in [1.82, 2.24) is 34.1 Å². The molecule has 4 aliphatic rings. The molecule has 3 aromatic carbocycles. The van der Waals surface area contributed by atoms with E-state index >= 15 is 0 Å². The Balaban J connectivity index is 0.886. The Bertz CT molecular complexity index is 2760. The summed E-state index contributed by atoms with van der Waals surface area (Å²) in [7, 11) is 0. The van der Waals surface area contributed by atoms with Crippen LogP contribution in [0.5, 0.6) is 0 Å². The number of carbonyl (C=O) groups is 2. The topological polar surface area (TPSA) is 134 Å². The Morgan fingerprint density at radius 1 is 0.871 bits per heavy atom. The smallest absolute Gasteiger partial charge is 0.410 e. The molecule has 0 radical (unpaired) electrons. The molecule has 9 rings (SSSR count). The van der Waals surface area contributed by atoms with Gasteiger partial charge in [-0.1, -0.05) is 70.5 Å². The van der Waals surface area contributed by atoms with Crippen LogP contribution in [0.1, 0.15) is 42.9 Å². The van der Waals surface area contributed by atoms with E-state index in [2.05, 4.69) is 48.3 Å². The van der Waals surface area contributed by atoms with E-state index in [4.69, 9.17) is 4.74 Å². The van der Waals surface area contributed by atoms with Crippen LogP contribution in [0.3, 0.4) is 0 Å². The van der Waals surface area contributed by atoms with E-state index < -0.39 is 35.0 Å². The van der Waals surface area contributed by atoms with Crippen molar-refractivity contribution in [2.45, 2.75) is 57.0 Å². The van der Waals surface area contributed by atoms with Gasteiger partial charge in [-0.25, -0.2) is 27.9 Å². The zero-order valence-corrected chi connectivity index (χ0v) is 35.2. The molecule has 2 amide bonds. The molecule has 13 nitrogen and oxygen atoms in total. The first-order chi connectivity index (χ1) is 30.1. The summed E-state index contributed by atoms with van der Waals surface area (Å²) in [6.45, 7) is 3.73. The van der Waals surface area contributed by atoms with Crippen LogP contribution in [0, 0.1) is 5.82 Å². The van der Waals surface area contributed by atoms with Crippen LogP contribution in [0.2, 0.25) is 0 Å². The van der Waals surface area contributed by atoms with Crippen LogP contribution < -0.4 is 16.6 Å². The molecule has 2 fully saturated rings. The standard InChI is InChI=1S/C46H43BrF2N8O5/c47-39-21-30(25-53-17-19-54(20-18-53)46(61)62-28-29-5-2-1-3-6-29)9-15-37(39)31-7-4-8-36(22-31)56-42-38(23-33(49)24-50-42)44(59)57(45(56)60)35-13-11-34(12-14-35)51-43(58)40-27-55-26-32(48)10-16-41(55)52-40/h1-10,15-16,21-24,26,34-35,40H,11-14,17-20,25,27-28H2,(H,51,58). The fourth-order valence-electron chi connectivity index (χ4n) is 8.67. The number of carbonyl (C=O) groups excluding carboxylic acids is 2. The van der Waals surface area contributed by atoms with Crippen molar-refractivity contribution in [2.75, 3.05) is 32.7 Å². The van der Waals surface area contributed by atoms with Crippen LogP contribution in [0.25, 0.3) is 27.8 Å². The van der Waals surface area contributed by atoms with Crippen molar-refractivity contribution < 1.29 is 23.1 Å². The molecule has 5 heterocycles. The number of amides is 2. The molecule has 1 unspecified atom stereocenters. The summed E-state index contributed by atoms with van der Waals surface area (Å²) in [5, 5.41) is 3.04. The molecular weight excluding hydrogens is 862 g/mol. The van der Waals surface area contributed by atoms with Crippen molar-refractivity contribution >= 4 is 44.8 Å². The molecule has 3 aliphatic heterocycles. The zero-order chi connectivity index (χ0) is 42.9. The minimum atomic E-state index is -0.695. The fourth-order valence-corrected chi connectivity index (χ4v) is 9.33. The number of hydrogen-bond donors (Lipinski definition) is 1. The summed E-state index contributed by atoms with van der Waals surface area (Å²) in [4.78, 5) is 68.6. The van der Waals surface area contributed by atoms with Gasteiger partial charge in [-0.15, -0.1) is 0 Å². The predicted octanol–water partition coefficient (Wildman–Crippen LogP) is 6.63. The maximum atomic E-state index is 14.7. The summed E-state index contributed by atoms with van der Waals surface area (Å²) in [5.74, 6) is -0.835. The number of pyridine rings is 1. The highest BCUT2D eigenvalue weighted by atomic mass is 79.9. The molecule has 16 heteroatoms. The number of nitrogens with one attached hydrogen (secondary N) is 1. The Labute approximate surface area is 363 Å². The molecule has 0 bridgehead atoms. The maximum absolute atomic E-state index is 14.7. The van der Waals surface area contributed by atoms with E-state index in [0.717, 1.165) is 39.0 Å². The Morgan fingerprint density at radius 3 is 2.44 bits per heavy atom. The van der Waals surface area contributed by atoms with Crippen LogP contribution in [-0.2, 0) is 22.7 Å². The first kappa shape index (κ1) is 41.1. The van der Waals surface area contributed by atoms with Gasteiger partial charge in [0.05, 0.1) is 23.8 Å². The van der Waals surface area contributed by atoms with Gasteiger partial charge in [0.15, 0.2) is 5.65 Å². The second-order valence-corrected chi connectivity index (χ2v) is 16.9. The molecular formula is C46H43BrF2N8O5. The summed E-state index contributed by atoms with van der Waals surface area (Å²) in [6, 6.07) is 22.8. The van der Waals surface area contributed by atoms with Crippen molar-refractivity contribution in [3.05, 3.63) is 151 Å². The van der Waals surface area contributed by atoms with Gasteiger partial charge in [0, 0.05) is 55.5 Å². The average Bonchev–Trinajstić information content (AvgIpc) is 3.71. The molecule has 62 heavy (non-hydrogen) atoms. The maximum Gasteiger partial charge on any atom is 0.410 e. The van der Waals surface area contributed by atoms with Gasteiger partial charge in [-0.05, 0) is 84.4 Å². The van der Waals surface area contributed by atoms with Gasteiger partial charge in [0.1, 0.15) is 30.1 Å². The molecule has 0 spiro atoms. The second-order valence-electron chi connectivity index (χ2n) is 16.0. The molecule has 2 aromatic heterocycles. The molecule has 1 N–H and O–H groups in total. The summed E-state index contributed by atoms with van der Waals surface area (Å²) < 4.78 is 37.3. The lowest BCUT2D eigenvalue weighted by molar-refractivity contribution is -0.123. The van der Waals surface area contributed by atoms with Gasteiger partial charge >= 0.3 is 11.8 Å². The Kier molecular flexibility index (Phi) is 11.7. The minimum absolute atomic E-state index is 0.0165. The molecule has 1 atom stereocenters. The Morgan fingerprint density at radius 2 is 1.66 bits per heavy atom. The van der Waals surface area contributed by atoms with Gasteiger partial charge < -0.3 is 19.9 Å². The lowest BCUT2D eigenvalue weighted by Gasteiger charge is -2.34. The highest BCUT2D eigenvalue weighted by molar-refractivity contribution is 9.10. The van der Waals surface area contributed by atoms with Crippen molar-refractivity contribution in [1.29, 1.82) is 0 Å². The van der Waals surface area contributed by atoms with E-state index in [1.165, 1.54) is 21.4 Å². The average molecular weight is 906 g/mol. The van der Waals surface area contributed by atoms with E-state index in [1.807, 2.05) is 54.6 Å². The molecule has 1 saturated heterocycles. The summed E-state index contributed by atoms with van der Waals surface area (Å²) >= 11 is 3.78. The lowest BCUT2D eigenvalue weighted by Crippen LogP contribution is -2.48. The monoisotopic (exact) mass is 904 g/mol. The third-order valence-corrected chi connectivity index (χ3v) is 12.6. The summed E-state index contributed by atoms with van der Waals surface area (Å²) in [6.07, 6.45) is 6.71. The largest absolute Gasteiger partial charge is 0.445 e. The van der Waals surface area contributed by atoms with Crippen LogP contribution >= 0.6 is 15.9 Å². The second kappa shape index (κ2) is 17.6. The first-order valence-electron chi connectivity index (χ1n) is 20.7. The fraction of sp³-hybridized carbons (Fsp3) is 0.304. The van der Waals surface area contributed by atoms with Gasteiger partial charge in [-0.3, -0.25) is 24.0 Å². The SMILES string of the molecule is O=C(NC1CCC(n2c(=O)c3cc(F)cnc3n(-c3cccc(-c4ccc(CN5CCN(C(=O)OCc6ccccc6)CC5)cc4Br)c3)c2=O)CC1)C1CN2C=C(F)C=CC2=N1. The van der Waals surface area contributed by atoms with Crippen molar-refractivity contribution in [3.8, 4) is 16.8 Å². The number of halogens is 3. The molecule has 1 saturated carbocycles. The number of rotatable bonds is 9. The van der Waals surface area contributed by atoms with E-state index in [-0.39, 0.29) is 42.2 Å². The number of aromatic nitrogens is 3. The van der Waals surface area contributed by atoms with Gasteiger partial charge in [0.2, 0.25) is 5.91 Å². The molecule has 5 aromatic rings. The van der Waals surface area contributed by atoms with Crippen LogP contribution in [-0.4, -0.2) is 91.5 Å². The van der Waals surface area contributed by atoms with Crippen LogP contribution in [0.15, 0.2) is 128 Å². The van der Waals surface area contributed by atoms with E-state index in [0.29, 0.717) is 69.9 Å². The number of amidine groups is 1. The van der Waals surface area contributed by atoms with Gasteiger partial charge in [0.25, 0.3) is 5.56 Å². The van der Waals surface area contributed by atoms with Crippen molar-refractivity contribution in [2.24, 2.45) is 4.99 Å². The lowest BCUT2D eigenvalue weighted by atomic mass is 9.90. The number of fused-ring (bicyclic) bond motifs is 2. The number of allylic oxidation sites excluding steroid dienone is 2. The van der Waals surface area contributed by atoms with E-state index in [1.54, 1.807) is 21.9 Å². The summed E-state index contributed by atoms with van der Waals surface area (Å²) in [5.41, 5.74) is 3.02. The third-order valence-electron chi connectivity index (χ3n) is 11.9. The van der Waals surface area contributed by atoms with Crippen LogP contribution in [0.4, 0.5) is 13.6 Å². The minimum Gasteiger partial charge on any atom is -0.445 e. The number of benzene rings is 3. The number of piperazine rings is 1. The molecule has 318 valence electrons. The highest BCUT2D eigenvalue weighted by Gasteiger charge is 2.33. The quantitative estimate of drug-likeness (QED) is 0.174.